The lowest BCUT2D eigenvalue weighted by Crippen LogP contribution is -2.36. The van der Waals surface area contributed by atoms with Crippen molar-refractivity contribution in [2.75, 3.05) is 13.7 Å². The smallest absolute Gasteiger partial charge is 0.226 e. The van der Waals surface area contributed by atoms with E-state index < -0.39 is 0 Å². The summed E-state index contributed by atoms with van der Waals surface area (Å²) in [4.78, 5) is 9.15. The average molecular weight is 492 g/mol. The van der Waals surface area contributed by atoms with Crippen molar-refractivity contribution in [3.8, 4) is 17.2 Å². The van der Waals surface area contributed by atoms with Crippen LogP contribution in [-0.2, 0) is 13.1 Å². The highest BCUT2D eigenvalue weighted by Gasteiger charge is 2.07. The van der Waals surface area contributed by atoms with Crippen LogP contribution in [0.15, 0.2) is 70.3 Å². The van der Waals surface area contributed by atoms with Crippen LogP contribution in [-0.4, -0.2) is 24.6 Å². The normalized spacial score (nSPS) is 10.9. The maximum absolute atomic E-state index is 5.57. The van der Waals surface area contributed by atoms with E-state index in [1.165, 1.54) is 0 Å². The molecule has 3 rings (SSSR count). The zero-order valence-corrected chi connectivity index (χ0v) is 18.3. The van der Waals surface area contributed by atoms with Crippen LogP contribution in [0.1, 0.15) is 18.2 Å². The van der Waals surface area contributed by atoms with Crippen molar-refractivity contribution in [1.82, 2.24) is 15.6 Å². The predicted molar refractivity (Wildman–Crippen MR) is 122 cm³/mol. The Morgan fingerprint density at radius 3 is 2.57 bits per heavy atom. The van der Waals surface area contributed by atoms with Gasteiger partial charge in [0.2, 0.25) is 5.89 Å². The Kier molecular flexibility index (Phi) is 8.80. The Balaban J connectivity index is 0.00000280. The topological polar surface area (TPSA) is 71.7 Å². The van der Waals surface area contributed by atoms with Crippen LogP contribution in [0.4, 0.5) is 0 Å². The molecule has 0 aliphatic heterocycles. The summed E-state index contributed by atoms with van der Waals surface area (Å²) in [6.07, 6.45) is 1.67. The number of para-hydroxylation sites is 1. The third kappa shape index (κ3) is 5.98. The molecule has 0 aliphatic rings. The van der Waals surface area contributed by atoms with E-state index in [1.54, 1.807) is 13.4 Å². The van der Waals surface area contributed by atoms with Gasteiger partial charge < -0.3 is 19.8 Å². The van der Waals surface area contributed by atoms with Crippen LogP contribution in [0.25, 0.3) is 11.5 Å². The molecular formula is C21H25IN4O2. The maximum Gasteiger partial charge on any atom is 0.226 e. The molecule has 0 fully saturated rings. The van der Waals surface area contributed by atoms with Gasteiger partial charge in [0.15, 0.2) is 5.96 Å². The van der Waals surface area contributed by atoms with Gasteiger partial charge in [-0.1, -0.05) is 36.4 Å². The van der Waals surface area contributed by atoms with Gasteiger partial charge in [-0.2, -0.15) is 0 Å². The molecule has 0 unspecified atom stereocenters. The summed E-state index contributed by atoms with van der Waals surface area (Å²) < 4.78 is 11.0. The highest BCUT2D eigenvalue weighted by Crippen LogP contribution is 2.19. The van der Waals surface area contributed by atoms with Crippen molar-refractivity contribution in [3.63, 3.8) is 0 Å². The van der Waals surface area contributed by atoms with Crippen LogP contribution in [0, 0.1) is 0 Å². The summed E-state index contributed by atoms with van der Waals surface area (Å²) in [5, 5.41) is 6.52. The van der Waals surface area contributed by atoms with Gasteiger partial charge in [0.1, 0.15) is 12.0 Å². The largest absolute Gasteiger partial charge is 0.496 e. The molecule has 0 atom stereocenters. The van der Waals surface area contributed by atoms with Crippen LogP contribution < -0.4 is 15.4 Å². The lowest BCUT2D eigenvalue weighted by atomic mass is 10.2. The standard InChI is InChI=1S/C21H24N4O2.HI/c1-3-22-21(23-13-17-11-7-8-12-19(17)26-2)24-14-18-15-27-20(25-18)16-9-5-4-6-10-16;/h4-12,15H,3,13-14H2,1-2H3,(H2,22,23,24);1H. The minimum Gasteiger partial charge on any atom is -0.496 e. The molecule has 0 bridgehead atoms. The third-order valence-corrected chi connectivity index (χ3v) is 3.95. The van der Waals surface area contributed by atoms with Crippen molar-refractivity contribution in [1.29, 1.82) is 0 Å². The van der Waals surface area contributed by atoms with Crippen molar-refractivity contribution in [3.05, 3.63) is 72.1 Å². The summed E-state index contributed by atoms with van der Waals surface area (Å²) >= 11 is 0. The monoisotopic (exact) mass is 492 g/mol. The number of nitrogens with zero attached hydrogens (tertiary/aromatic N) is 2. The van der Waals surface area contributed by atoms with Gasteiger partial charge in [-0.15, -0.1) is 24.0 Å². The number of hydrogen-bond donors (Lipinski definition) is 2. The van der Waals surface area contributed by atoms with Crippen molar-refractivity contribution < 1.29 is 9.15 Å². The Labute approximate surface area is 182 Å². The molecule has 0 radical (unpaired) electrons. The Morgan fingerprint density at radius 1 is 1.07 bits per heavy atom. The summed E-state index contributed by atoms with van der Waals surface area (Å²) in [6, 6.07) is 17.7. The first-order valence-electron chi connectivity index (χ1n) is 8.94. The van der Waals surface area contributed by atoms with Gasteiger partial charge in [0.05, 0.1) is 25.9 Å². The number of ether oxygens (including phenoxy) is 1. The van der Waals surface area contributed by atoms with Crippen LogP contribution in [0.3, 0.4) is 0 Å². The molecule has 0 amide bonds. The molecule has 0 saturated carbocycles. The molecule has 28 heavy (non-hydrogen) atoms. The first kappa shape index (κ1) is 21.7. The minimum absolute atomic E-state index is 0. The van der Waals surface area contributed by atoms with Gasteiger partial charge >= 0.3 is 0 Å². The average Bonchev–Trinajstić information content (AvgIpc) is 3.20. The summed E-state index contributed by atoms with van der Waals surface area (Å²) in [5.41, 5.74) is 2.81. The number of nitrogens with one attached hydrogen (secondary N) is 2. The SMILES string of the molecule is CCNC(=NCc1ccccc1OC)NCc1coc(-c2ccccc2)n1.I. The van der Waals surface area contributed by atoms with Crippen molar-refractivity contribution in [2.45, 2.75) is 20.0 Å². The first-order valence-corrected chi connectivity index (χ1v) is 8.94. The Bertz CT molecular complexity index is 881. The van der Waals surface area contributed by atoms with E-state index in [1.807, 2.05) is 61.5 Å². The zero-order chi connectivity index (χ0) is 18.9. The fourth-order valence-corrected chi connectivity index (χ4v) is 2.62. The first-order chi connectivity index (χ1) is 13.3. The van der Waals surface area contributed by atoms with E-state index >= 15 is 0 Å². The molecule has 2 aromatic carbocycles. The Hall–Kier alpha value is -2.55. The van der Waals surface area contributed by atoms with E-state index in [2.05, 4.69) is 20.6 Å². The van der Waals surface area contributed by atoms with Crippen molar-refractivity contribution >= 4 is 29.9 Å². The van der Waals surface area contributed by atoms with Gasteiger partial charge in [-0.05, 0) is 25.1 Å². The molecule has 3 aromatic rings. The third-order valence-electron chi connectivity index (χ3n) is 3.95. The van der Waals surface area contributed by atoms with Crippen LogP contribution >= 0.6 is 24.0 Å². The number of guanidine groups is 1. The molecule has 1 aromatic heterocycles. The predicted octanol–water partition coefficient (Wildman–Crippen LogP) is 4.22. The molecule has 148 valence electrons. The van der Waals surface area contributed by atoms with E-state index in [-0.39, 0.29) is 24.0 Å². The summed E-state index contributed by atoms with van der Waals surface area (Å²) in [6.45, 7) is 3.84. The lowest BCUT2D eigenvalue weighted by Gasteiger charge is -2.11. The zero-order valence-electron chi connectivity index (χ0n) is 16.0. The highest BCUT2D eigenvalue weighted by molar-refractivity contribution is 14.0. The number of benzene rings is 2. The number of oxazole rings is 1. The molecule has 0 saturated heterocycles. The summed E-state index contributed by atoms with van der Waals surface area (Å²) in [7, 11) is 1.67. The van der Waals surface area contributed by atoms with E-state index in [0.717, 1.165) is 29.1 Å². The van der Waals surface area contributed by atoms with E-state index in [4.69, 9.17) is 9.15 Å². The van der Waals surface area contributed by atoms with Gasteiger partial charge in [-0.25, -0.2) is 9.98 Å². The molecule has 0 aliphatic carbocycles. The van der Waals surface area contributed by atoms with Crippen LogP contribution in [0.2, 0.25) is 0 Å². The van der Waals surface area contributed by atoms with E-state index in [9.17, 15) is 0 Å². The second-order valence-electron chi connectivity index (χ2n) is 5.87. The number of methoxy groups -OCH3 is 1. The summed E-state index contributed by atoms with van der Waals surface area (Å²) in [5.74, 6) is 2.16. The fraction of sp³-hybridized carbons (Fsp3) is 0.238. The van der Waals surface area contributed by atoms with Gasteiger partial charge in [0, 0.05) is 17.7 Å². The number of hydrogen-bond acceptors (Lipinski definition) is 4. The van der Waals surface area contributed by atoms with Crippen molar-refractivity contribution in [2.24, 2.45) is 4.99 Å². The molecule has 0 spiro atoms. The van der Waals surface area contributed by atoms with Gasteiger partial charge in [-0.3, -0.25) is 0 Å². The number of aliphatic imine (C=N–C) groups is 1. The second kappa shape index (κ2) is 11.3. The minimum atomic E-state index is 0. The van der Waals surface area contributed by atoms with E-state index in [0.29, 0.717) is 24.9 Å². The number of rotatable bonds is 7. The Morgan fingerprint density at radius 2 is 1.82 bits per heavy atom. The van der Waals surface area contributed by atoms with Gasteiger partial charge in [0.25, 0.3) is 0 Å². The van der Waals surface area contributed by atoms with Crippen LogP contribution in [0.5, 0.6) is 5.75 Å². The fourth-order valence-electron chi connectivity index (χ4n) is 2.62. The second-order valence-corrected chi connectivity index (χ2v) is 5.87. The number of halogens is 1. The molecule has 1 heterocycles. The molecule has 7 heteroatoms. The molecule has 6 nitrogen and oxygen atoms in total. The number of aromatic nitrogens is 1. The molecular weight excluding hydrogens is 467 g/mol. The quantitative estimate of drug-likeness (QED) is 0.294. The highest BCUT2D eigenvalue weighted by atomic mass is 127. The molecule has 2 N–H and O–H groups in total. The lowest BCUT2D eigenvalue weighted by molar-refractivity contribution is 0.410. The maximum atomic E-state index is 5.57.